The summed E-state index contributed by atoms with van der Waals surface area (Å²) in [5, 5.41) is 10.5. The van der Waals surface area contributed by atoms with Gasteiger partial charge < -0.3 is 10.2 Å². The number of benzene rings is 1. The lowest BCUT2D eigenvalue weighted by Crippen LogP contribution is -2.25. The first-order valence-electron chi connectivity index (χ1n) is 12.4. The first-order chi connectivity index (χ1) is 17.2. The van der Waals surface area contributed by atoms with Crippen LogP contribution in [0.3, 0.4) is 0 Å². The van der Waals surface area contributed by atoms with E-state index in [4.69, 9.17) is 0 Å². The number of nitrogens with one attached hydrogen (secondary N) is 2. The number of rotatable bonds is 14. The van der Waals surface area contributed by atoms with Gasteiger partial charge in [0.2, 0.25) is 0 Å². The molecule has 0 unspecified atom stereocenters. The molecular formula is C27H34I2N6. The Morgan fingerprint density at radius 1 is 1.03 bits per heavy atom. The zero-order valence-electron chi connectivity index (χ0n) is 20.3. The monoisotopic (exact) mass is 696 g/mol. The third kappa shape index (κ3) is 6.90. The molecular weight excluding hydrogens is 662 g/mol. The minimum absolute atomic E-state index is 0.873. The molecule has 2 N–H and O–H groups in total. The normalized spacial score (nSPS) is 11.4. The zero-order chi connectivity index (χ0) is 24.5. The molecule has 0 radical (unpaired) electrons. The van der Waals surface area contributed by atoms with Gasteiger partial charge in [-0.15, -0.1) is 0 Å². The van der Waals surface area contributed by atoms with Gasteiger partial charge in [-0.05, 0) is 83.3 Å². The third-order valence-corrected chi connectivity index (χ3v) is 7.67. The van der Waals surface area contributed by atoms with Gasteiger partial charge in [-0.2, -0.15) is 5.10 Å². The molecule has 0 saturated carbocycles. The molecule has 3 aromatic heterocycles. The van der Waals surface area contributed by atoms with Crippen LogP contribution in [0.5, 0.6) is 0 Å². The van der Waals surface area contributed by atoms with E-state index in [1.165, 1.54) is 40.2 Å². The summed E-state index contributed by atoms with van der Waals surface area (Å²) in [6.45, 7) is 4.49. The second kappa shape index (κ2) is 13.5. The highest BCUT2D eigenvalue weighted by Gasteiger charge is 2.12. The number of pyridine rings is 1. The average Bonchev–Trinajstić information content (AvgIpc) is 3.58. The number of fused-ring (bicyclic) bond motifs is 1. The summed E-state index contributed by atoms with van der Waals surface area (Å²) >= 11 is 5.04. The summed E-state index contributed by atoms with van der Waals surface area (Å²) in [6.07, 6.45) is 14.0. The number of halogens is 2. The van der Waals surface area contributed by atoms with Crippen LogP contribution in [0.2, 0.25) is 0 Å². The minimum Gasteiger partial charge on any atom is -0.372 e. The molecule has 4 aromatic rings. The van der Waals surface area contributed by atoms with Gasteiger partial charge in [0.05, 0.1) is 17.6 Å². The molecule has 3 heterocycles. The van der Waals surface area contributed by atoms with Crippen LogP contribution in [0.1, 0.15) is 39.0 Å². The Hall–Kier alpha value is -1.82. The van der Waals surface area contributed by atoms with Crippen LogP contribution in [0.15, 0.2) is 61.2 Å². The van der Waals surface area contributed by atoms with E-state index in [2.05, 4.69) is 118 Å². The predicted molar refractivity (Wildman–Crippen MR) is 165 cm³/mol. The Morgan fingerprint density at radius 3 is 2.51 bits per heavy atom. The average molecular weight is 696 g/mol. The van der Waals surface area contributed by atoms with Crippen molar-refractivity contribution in [1.29, 1.82) is 0 Å². The molecule has 4 rings (SSSR count). The lowest BCUT2D eigenvalue weighted by atomic mass is 9.97. The highest BCUT2D eigenvalue weighted by molar-refractivity contribution is 14.1. The number of aromatic nitrogens is 4. The fraction of sp³-hybridized carbons (Fsp3) is 0.407. The number of hydrogen-bond donors (Lipinski definition) is 2. The number of hydrogen-bond acceptors (Lipinski definition) is 4. The summed E-state index contributed by atoms with van der Waals surface area (Å²) < 4.78 is 4.63. The van der Waals surface area contributed by atoms with Crippen LogP contribution in [0, 0.1) is 5.92 Å². The van der Waals surface area contributed by atoms with Gasteiger partial charge in [0, 0.05) is 48.6 Å². The van der Waals surface area contributed by atoms with E-state index < -0.39 is 0 Å². The van der Waals surface area contributed by atoms with E-state index in [1.807, 2.05) is 24.8 Å². The second-order valence-corrected chi connectivity index (χ2v) is 11.0. The smallest absolute Gasteiger partial charge is 0.161 e. The van der Waals surface area contributed by atoms with Crippen molar-refractivity contribution in [1.82, 2.24) is 19.6 Å². The van der Waals surface area contributed by atoms with Crippen molar-refractivity contribution in [3.8, 4) is 11.3 Å². The summed E-state index contributed by atoms with van der Waals surface area (Å²) in [4.78, 5) is 7.13. The summed E-state index contributed by atoms with van der Waals surface area (Å²) in [6, 6.07) is 13.0. The molecule has 8 heteroatoms. The van der Waals surface area contributed by atoms with Crippen molar-refractivity contribution in [3.05, 3.63) is 61.2 Å². The van der Waals surface area contributed by atoms with Gasteiger partial charge in [-0.3, -0.25) is 9.50 Å². The summed E-state index contributed by atoms with van der Waals surface area (Å²) in [5.74, 6) is 0.873. The molecule has 1 aromatic carbocycles. The number of anilines is 3. The Morgan fingerprint density at radius 2 is 1.83 bits per heavy atom. The predicted octanol–water partition coefficient (Wildman–Crippen LogP) is 7.73. The SMILES string of the molecule is CCCN(CCCC(CCI)CCI)c1ccc(Nc2ccc(-c3cn[nH]c3)n3ccnc23)cc1. The van der Waals surface area contributed by atoms with Crippen molar-refractivity contribution in [2.75, 3.05) is 32.2 Å². The molecule has 0 aliphatic heterocycles. The second-order valence-electron chi connectivity index (χ2n) is 8.86. The number of aromatic amines is 1. The van der Waals surface area contributed by atoms with Crippen LogP contribution in [-0.2, 0) is 0 Å². The van der Waals surface area contributed by atoms with Crippen LogP contribution in [-0.4, -0.2) is 41.5 Å². The summed E-state index contributed by atoms with van der Waals surface area (Å²) in [5.41, 5.74) is 6.34. The van der Waals surface area contributed by atoms with Gasteiger partial charge in [-0.25, -0.2) is 4.98 Å². The molecule has 0 aliphatic rings. The van der Waals surface area contributed by atoms with E-state index >= 15 is 0 Å². The van der Waals surface area contributed by atoms with Crippen molar-refractivity contribution in [2.24, 2.45) is 5.92 Å². The van der Waals surface area contributed by atoms with E-state index in [1.54, 1.807) is 0 Å². The van der Waals surface area contributed by atoms with Crippen LogP contribution in [0.25, 0.3) is 16.9 Å². The van der Waals surface area contributed by atoms with E-state index in [9.17, 15) is 0 Å². The number of H-pyrrole nitrogens is 1. The largest absolute Gasteiger partial charge is 0.372 e. The lowest BCUT2D eigenvalue weighted by molar-refractivity contribution is 0.451. The van der Waals surface area contributed by atoms with Crippen molar-refractivity contribution >= 4 is 67.9 Å². The summed E-state index contributed by atoms with van der Waals surface area (Å²) in [7, 11) is 0. The Bertz CT molecular complexity index is 1150. The lowest BCUT2D eigenvalue weighted by Gasteiger charge is -2.26. The van der Waals surface area contributed by atoms with E-state index in [0.29, 0.717) is 0 Å². The standard InChI is InChI=1S/C27H34I2N6/c1-2-16-34(17-3-4-21(11-13-28)12-14-29)24-7-5-23(6-8-24)33-25-9-10-26(22-19-31-32-20-22)35-18-15-30-27(25)35/h5-10,15,18-21,33H,2-4,11-14,16-17H2,1H3,(H,31,32). The fourth-order valence-corrected chi connectivity index (χ4v) is 6.36. The van der Waals surface area contributed by atoms with Crippen molar-refractivity contribution < 1.29 is 0 Å². The Labute approximate surface area is 235 Å². The maximum Gasteiger partial charge on any atom is 0.161 e. The first kappa shape index (κ1) is 26.2. The van der Waals surface area contributed by atoms with Gasteiger partial charge >= 0.3 is 0 Å². The zero-order valence-corrected chi connectivity index (χ0v) is 24.6. The number of alkyl halides is 2. The van der Waals surface area contributed by atoms with Gasteiger partial charge in [0.25, 0.3) is 0 Å². The quantitative estimate of drug-likeness (QED) is 0.105. The number of imidazole rings is 1. The maximum atomic E-state index is 4.59. The maximum absolute atomic E-state index is 4.59. The highest BCUT2D eigenvalue weighted by Crippen LogP contribution is 2.28. The third-order valence-electron chi connectivity index (χ3n) is 6.42. The molecule has 0 aliphatic carbocycles. The van der Waals surface area contributed by atoms with Gasteiger partial charge in [0.15, 0.2) is 5.65 Å². The molecule has 35 heavy (non-hydrogen) atoms. The first-order valence-corrected chi connectivity index (χ1v) is 15.5. The molecule has 0 amide bonds. The topological polar surface area (TPSA) is 61.2 Å². The van der Waals surface area contributed by atoms with Gasteiger partial charge in [-0.1, -0.05) is 52.1 Å². The molecule has 0 saturated heterocycles. The number of nitrogens with zero attached hydrogens (tertiary/aromatic N) is 4. The van der Waals surface area contributed by atoms with Crippen molar-refractivity contribution in [2.45, 2.75) is 39.0 Å². The molecule has 186 valence electrons. The molecule has 0 atom stereocenters. The molecule has 6 nitrogen and oxygen atoms in total. The highest BCUT2D eigenvalue weighted by atomic mass is 127. The Balaban J connectivity index is 1.43. The molecule has 0 bridgehead atoms. The molecule has 0 fully saturated rings. The minimum atomic E-state index is 0.873. The van der Waals surface area contributed by atoms with E-state index in [-0.39, 0.29) is 0 Å². The fourth-order valence-electron chi connectivity index (χ4n) is 4.60. The van der Waals surface area contributed by atoms with Crippen LogP contribution < -0.4 is 10.2 Å². The van der Waals surface area contributed by atoms with Gasteiger partial charge in [0.1, 0.15) is 0 Å². The van der Waals surface area contributed by atoms with E-state index in [0.717, 1.165) is 53.7 Å². The van der Waals surface area contributed by atoms with Crippen LogP contribution in [0.4, 0.5) is 17.1 Å². The Kier molecular flexibility index (Phi) is 10.1. The van der Waals surface area contributed by atoms with Crippen LogP contribution >= 0.6 is 45.2 Å². The van der Waals surface area contributed by atoms with Crippen molar-refractivity contribution in [3.63, 3.8) is 0 Å². The molecule has 0 spiro atoms.